The quantitative estimate of drug-likeness (QED) is 0.544. The number of nitrogens with one attached hydrogen (secondary N) is 1. The van der Waals surface area contributed by atoms with Gasteiger partial charge in [-0.15, -0.1) is 0 Å². The molecule has 1 amide bonds. The van der Waals surface area contributed by atoms with Crippen molar-refractivity contribution < 1.29 is 4.79 Å². The number of rotatable bonds is 1. The Hall–Kier alpha value is -1.05. The van der Waals surface area contributed by atoms with Gasteiger partial charge in [-0.1, -0.05) is 18.2 Å². The van der Waals surface area contributed by atoms with E-state index in [0.29, 0.717) is 0 Å². The van der Waals surface area contributed by atoms with Crippen molar-refractivity contribution in [2.45, 2.75) is 6.42 Å². The second-order valence-corrected chi connectivity index (χ2v) is 1.90. The second-order valence-electron chi connectivity index (χ2n) is 1.90. The topological polar surface area (TPSA) is 29.1 Å². The molecule has 0 aromatic carbocycles. The largest absolute Gasteiger partial charge is 0.355 e. The molecule has 1 rings (SSSR count). The molecule has 0 saturated heterocycles. The molecule has 0 bridgehead atoms. The maximum atomic E-state index is 10.8. The highest BCUT2D eigenvalue weighted by Gasteiger charge is 2.05. The van der Waals surface area contributed by atoms with Gasteiger partial charge in [-0.2, -0.15) is 0 Å². The lowest BCUT2D eigenvalue weighted by Crippen LogP contribution is -2.18. The minimum Gasteiger partial charge on any atom is -0.355 e. The zero-order valence-corrected chi connectivity index (χ0v) is 5.35. The van der Waals surface area contributed by atoms with Crippen molar-refractivity contribution in [1.82, 2.24) is 5.32 Å². The van der Waals surface area contributed by atoms with Crippen LogP contribution in [0.5, 0.6) is 0 Å². The molecular formula is C7H9NO. The number of hydrogen-bond acceptors (Lipinski definition) is 1. The number of allylic oxidation sites excluding steroid dienone is 3. The molecule has 0 radical (unpaired) electrons. The van der Waals surface area contributed by atoms with E-state index in [0.717, 1.165) is 12.0 Å². The molecule has 1 aliphatic rings. The Labute approximate surface area is 54.3 Å². The van der Waals surface area contributed by atoms with Gasteiger partial charge < -0.3 is 5.32 Å². The summed E-state index contributed by atoms with van der Waals surface area (Å²) in [7, 11) is 1.64. The summed E-state index contributed by atoms with van der Waals surface area (Å²) in [6.45, 7) is 0. The summed E-state index contributed by atoms with van der Waals surface area (Å²) in [4.78, 5) is 10.8. The molecule has 2 heteroatoms. The maximum Gasteiger partial charge on any atom is 0.247 e. The van der Waals surface area contributed by atoms with Gasteiger partial charge in [0.05, 0.1) is 0 Å². The van der Waals surface area contributed by atoms with E-state index in [9.17, 15) is 4.79 Å². The number of likely N-dealkylation sites (N-methyl/N-ethyl adjacent to an activating group) is 1. The normalized spacial score (nSPS) is 15.4. The Morgan fingerprint density at radius 2 is 2.56 bits per heavy atom. The first-order valence-corrected chi connectivity index (χ1v) is 2.92. The fourth-order valence-corrected chi connectivity index (χ4v) is 0.776. The van der Waals surface area contributed by atoms with E-state index in [-0.39, 0.29) is 5.91 Å². The van der Waals surface area contributed by atoms with Crippen LogP contribution in [0.15, 0.2) is 23.8 Å². The molecule has 0 aromatic heterocycles. The van der Waals surface area contributed by atoms with Gasteiger partial charge >= 0.3 is 0 Å². The summed E-state index contributed by atoms with van der Waals surface area (Å²) in [5, 5.41) is 2.56. The van der Waals surface area contributed by atoms with Crippen LogP contribution in [-0.4, -0.2) is 13.0 Å². The third kappa shape index (κ3) is 1.19. The number of carbonyl (C=O) groups excluding carboxylic acids is 1. The summed E-state index contributed by atoms with van der Waals surface area (Å²) in [6, 6.07) is 0. The Bertz CT molecular complexity index is 179. The van der Waals surface area contributed by atoms with E-state index in [1.165, 1.54) is 0 Å². The maximum absolute atomic E-state index is 10.8. The number of amides is 1. The van der Waals surface area contributed by atoms with Gasteiger partial charge in [-0.3, -0.25) is 4.79 Å². The first-order valence-electron chi connectivity index (χ1n) is 2.92. The van der Waals surface area contributed by atoms with Crippen LogP contribution in [0.3, 0.4) is 0 Å². The van der Waals surface area contributed by atoms with Gasteiger partial charge in [0.1, 0.15) is 0 Å². The molecule has 0 heterocycles. The average Bonchev–Trinajstić information content (AvgIpc) is 2.37. The Kier molecular flexibility index (Phi) is 1.68. The Morgan fingerprint density at radius 3 is 3.00 bits per heavy atom. The van der Waals surface area contributed by atoms with E-state index >= 15 is 0 Å². The van der Waals surface area contributed by atoms with E-state index in [1.54, 1.807) is 7.05 Å². The fourth-order valence-electron chi connectivity index (χ4n) is 0.776. The lowest BCUT2D eigenvalue weighted by atomic mass is 10.2. The predicted octanol–water partition coefficient (Wildman–Crippen LogP) is 0.619. The molecular weight excluding hydrogens is 114 g/mol. The summed E-state index contributed by atoms with van der Waals surface area (Å²) < 4.78 is 0. The van der Waals surface area contributed by atoms with Crippen LogP contribution in [0.1, 0.15) is 6.42 Å². The molecule has 1 aliphatic carbocycles. The summed E-state index contributed by atoms with van der Waals surface area (Å²) in [5.41, 5.74) is 0.845. The lowest BCUT2D eigenvalue weighted by Gasteiger charge is -1.96. The van der Waals surface area contributed by atoms with Crippen LogP contribution < -0.4 is 5.32 Å². The van der Waals surface area contributed by atoms with Gasteiger partial charge in [0.15, 0.2) is 0 Å². The molecule has 9 heavy (non-hydrogen) atoms. The second kappa shape index (κ2) is 2.49. The highest BCUT2D eigenvalue weighted by molar-refractivity contribution is 5.94. The van der Waals surface area contributed by atoms with Gasteiger partial charge in [-0.05, 0) is 6.42 Å². The van der Waals surface area contributed by atoms with Crippen LogP contribution in [-0.2, 0) is 4.79 Å². The Balaban J connectivity index is 2.55. The highest BCUT2D eigenvalue weighted by atomic mass is 16.1. The third-order valence-corrected chi connectivity index (χ3v) is 1.29. The zero-order chi connectivity index (χ0) is 6.69. The zero-order valence-electron chi connectivity index (χ0n) is 5.35. The minimum atomic E-state index is 0.0278. The first kappa shape index (κ1) is 6.08. The van der Waals surface area contributed by atoms with E-state index in [2.05, 4.69) is 5.32 Å². The molecule has 0 spiro atoms. The molecule has 0 aliphatic heterocycles. The molecule has 48 valence electrons. The van der Waals surface area contributed by atoms with Crippen LogP contribution >= 0.6 is 0 Å². The summed E-state index contributed by atoms with van der Waals surface area (Å²) in [6.07, 6.45) is 6.47. The van der Waals surface area contributed by atoms with Crippen LogP contribution in [0.4, 0.5) is 0 Å². The molecule has 1 N–H and O–H groups in total. The molecule has 2 nitrogen and oxygen atoms in total. The fraction of sp³-hybridized carbons (Fsp3) is 0.286. The number of hydrogen-bond donors (Lipinski definition) is 1. The SMILES string of the molecule is CNC(=O)C1=CC=CC1. The van der Waals surface area contributed by atoms with Gasteiger partial charge in [0.25, 0.3) is 0 Å². The van der Waals surface area contributed by atoms with Crippen molar-refractivity contribution in [2.75, 3.05) is 7.05 Å². The number of carbonyl (C=O) groups is 1. The summed E-state index contributed by atoms with van der Waals surface area (Å²) >= 11 is 0. The molecule has 0 unspecified atom stereocenters. The first-order chi connectivity index (χ1) is 4.34. The standard InChI is InChI=1S/C7H9NO/c1-8-7(9)6-4-2-3-5-6/h2-4H,5H2,1H3,(H,8,9). The molecule has 0 fully saturated rings. The van der Waals surface area contributed by atoms with Crippen molar-refractivity contribution in [3.63, 3.8) is 0 Å². The van der Waals surface area contributed by atoms with Crippen molar-refractivity contribution in [3.05, 3.63) is 23.8 Å². The van der Waals surface area contributed by atoms with Gasteiger partial charge in [-0.25, -0.2) is 0 Å². The van der Waals surface area contributed by atoms with E-state index in [4.69, 9.17) is 0 Å². The average molecular weight is 123 g/mol. The molecule has 0 aromatic rings. The lowest BCUT2D eigenvalue weighted by molar-refractivity contribution is -0.117. The van der Waals surface area contributed by atoms with Crippen molar-refractivity contribution in [2.24, 2.45) is 0 Å². The van der Waals surface area contributed by atoms with Crippen molar-refractivity contribution in [1.29, 1.82) is 0 Å². The van der Waals surface area contributed by atoms with Crippen LogP contribution in [0.2, 0.25) is 0 Å². The predicted molar refractivity (Wildman–Crippen MR) is 35.9 cm³/mol. The van der Waals surface area contributed by atoms with Gasteiger partial charge in [0, 0.05) is 12.6 Å². The van der Waals surface area contributed by atoms with Crippen LogP contribution in [0, 0.1) is 0 Å². The van der Waals surface area contributed by atoms with E-state index < -0.39 is 0 Å². The smallest absolute Gasteiger partial charge is 0.247 e. The molecule has 0 saturated carbocycles. The minimum absolute atomic E-state index is 0.0278. The van der Waals surface area contributed by atoms with Crippen molar-refractivity contribution in [3.8, 4) is 0 Å². The third-order valence-electron chi connectivity index (χ3n) is 1.29. The highest BCUT2D eigenvalue weighted by Crippen LogP contribution is 2.08. The summed E-state index contributed by atoms with van der Waals surface area (Å²) in [5.74, 6) is 0.0278. The van der Waals surface area contributed by atoms with Crippen LogP contribution in [0.25, 0.3) is 0 Å². The Morgan fingerprint density at radius 1 is 1.78 bits per heavy atom. The monoisotopic (exact) mass is 123 g/mol. The molecule has 0 atom stereocenters. The van der Waals surface area contributed by atoms with E-state index in [1.807, 2.05) is 18.2 Å². The van der Waals surface area contributed by atoms with Crippen molar-refractivity contribution >= 4 is 5.91 Å². The van der Waals surface area contributed by atoms with Gasteiger partial charge in [0.2, 0.25) is 5.91 Å².